The molecule has 1 aromatic carbocycles. The zero-order valence-electron chi connectivity index (χ0n) is 11.7. The van der Waals surface area contributed by atoms with E-state index in [-0.39, 0.29) is 18.0 Å². The standard InChI is InChI=1S/C15H19FN2OS/c1-3-15(2,10-19)17-8-13-9-20-14(18-13)11-4-6-12(16)7-5-11/h4-7,9,17,19H,3,8,10H2,1-2H3. The number of rotatable bonds is 6. The molecule has 0 aliphatic heterocycles. The summed E-state index contributed by atoms with van der Waals surface area (Å²) in [7, 11) is 0. The molecule has 3 nitrogen and oxygen atoms in total. The van der Waals surface area contributed by atoms with E-state index in [4.69, 9.17) is 0 Å². The van der Waals surface area contributed by atoms with Gasteiger partial charge in [0.25, 0.3) is 0 Å². The topological polar surface area (TPSA) is 45.1 Å². The molecule has 0 spiro atoms. The summed E-state index contributed by atoms with van der Waals surface area (Å²) < 4.78 is 12.9. The van der Waals surface area contributed by atoms with E-state index in [1.807, 2.05) is 19.2 Å². The molecule has 0 aliphatic carbocycles. The van der Waals surface area contributed by atoms with Crippen LogP contribution in [-0.2, 0) is 6.54 Å². The van der Waals surface area contributed by atoms with Crippen molar-refractivity contribution in [2.24, 2.45) is 0 Å². The Kier molecular flexibility index (Phi) is 4.86. The van der Waals surface area contributed by atoms with Crippen LogP contribution in [-0.4, -0.2) is 22.2 Å². The number of aliphatic hydroxyl groups is 1. The minimum atomic E-state index is -0.278. The van der Waals surface area contributed by atoms with Gasteiger partial charge in [-0.2, -0.15) is 0 Å². The summed E-state index contributed by atoms with van der Waals surface area (Å²) in [5, 5.41) is 15.5. The van der Waals surface area contributed by atoms with Crippen molar-refractivity contribution in [1.29, 1.82) is 0 Å². The van der Waals surface area contributed by atoms with E-state index in [0.717, 1.165) is 22.7 Å². The highest BCUT2D eigenvalue weighted by molar-refractivity contribution is 7.13. The average molecular weight is 294 g/mol. The Labute approximate surface area is 122 Å². The Morgan fingerprint density at radius 3 is 2.65 bits per heavy atom. The van der Waals surface area contributed by atoms with Crippen LogP contribution >= 0.6 is 11.3 Å². The summed E-state index contributed by atoms with van der Waals surface area (Å²) >= 11 is 1.54. The third-order valence-corrected chi connectivity index (χ3v) is 4.41. The number of halogens is 1. The summed E-state index contributed by atoms with van der Waals surface area (Å²) in [4.78, 5) is 4.53. The van der Waals surface area contributed by atoms with Gasteiger partial charge in [0.05, 0.1) is 12.3 Å². The fraction of sp³-hybridized carbons (Fsp3) is 0.400. The van der Waals surface area contributed by atoms with E-state index < -0.39 is 0 Å². The van der Waals surface area contributed by atoms with Gasteiger partial charge in [-0.3, -0.25) is 0 Å². The van der Waals surface area contributed by atoms with Crippen molar-refractivity contribution in [3.8, 4) is 10.6 Å². The SMILES string of the molecule is CCC(C)(CO)NCc1csc(-c2ccc(F)cc2)n1. The predicted octanol–water partition coefficient (Wildman–Crippen LogP) is 3.20. The molecule has 0 fully saturated rings. The molecule has 0 amide bonds. The van der Waals surface area contributed by atoms with Crippen molar-refractivity contribution >= 4 is 11.3 Å². The Morgan fingerprint density at radius 1 is 1.35 bits per heavy atom. The molecule has 2 rings (SSSR count). The number of nitrogens with one attached hydrogen (secondary N) is 1. The van der Waals surface area contributed by atoms with Crippen LogP contribution in [0, 0.1) is 5.82 Å². The van der Waals surface area contributed by atoms with E-state index in [1.165, 1.54) is 23.5 Å². The highest BCUT2D eigenvalue weighted by Gasteiger charge is 2.20. The van der Waals surface area contributed by atoms with Crippen LogP contribution in [0.2, 0.25) is 0 Å². The summed E-state index contributed by atoms with van der Waals surface area (Å²) in [5.41, 5.74) is 1.57. The zero-order chi connectivity index (χ0) is 14.6. The molecule has 0 bridgehead atoms. The van der Waals surface area contributed by atoms with E-state index >= 15 is 0 Å². The molecule has 0 saturated heterocycles. The number of aliphatic hydroxyl groups excluding tert-OH is 1. The number of hydrogen-bond donors (Lipinski definition) is 2. The van der Waals surface area contributed by atoms with Crippen LogP contribution < -0.4 is 5.32 Å². The second-order valence-corrected chi connectivity index (χ2v) is 5.93. The van der Waals surface area contributed by atoms with Crippen molar-refractivity contribution in [3.05, 3.63) is 41.2 Å². The number of benzene rings is 1. The van der Waals surface area contributed by atoms with Gasteiger partial charge in [-0.05, 0) is 37.6 Å². The van der Waals surface area contributed by atoms with Crippen LogP contribution in [0.1, 0.15) is 26.0 Å². The first-order valence-corrected chi connectivity index (χ1v) is 7.50. The summed E-state index contributed by atoms with van der Waals surface area (Å²) in [5.74, 6) is -0.242. The van der Waals surface area contributed by atoms with Gasteiger partial charge in [-0.25, -0.2) is 9.37 Å². The van der Waals surface area contributed by atoms with Gasteiger partial charge < -0.3 is 10.4 Å². The first kappa shape index (κ1) is 15.1. The van der Waals surface area contributed by atoms with Crippen molar-refractivity contribution in [2.45, 2.75) is 32.4 Å². The summed E-state index contributed by atoms with van der Waals surface area (Å²) in [6.07, 6.45) is 0.846. The maximum atomic E-state index is 12.9. The second-order valence-electron chi connectivity index (χ2n) is 5.08. The zero-order valence-corrected chi connectivity index (χ0v) is 12.5. The molecule has 1 atom stereocenters. The Morgan fingerprint density at radius 2 is 2.05 bits per heavy atom. The van der Waals surface area contributed by atoms with Crippen LogP contribution in [0.25, 0.3) is 10.6 Å². The van der Waals surface area contributed by atoms with Gasteiger partial charge in [0.15, 0.2) is 0 Å². The first-order chi connectivity index (χ1) is 9.56. The molecule has 20 heavy (non-hydrogen) atoms. The lowest BCUT2D eigenvalue weighted by Crippen LogP contribution is -2.44. The maximum absolute atomic E-state index is 12.9. The van der Waals surface area contributed by atoms with Crippen molar-refractivity contribution < 1.29 is 9.50 Å². The normalized spacial score (nSPS) is 14.2. The second kappa shape index (κ2) is 6.43. The van der Waals surface area contributed by atoms with Gasteiger partial charge in [-0.1, -0.05) is 6.92 Å². The van der Waals surface area contributed by atoms with Gasteiger partial charge in [-0.15, -0.1) is 11.3 Å². The average Bonchev–Trinajstić information content (AvgIpc) is 2.94. The van der Waals surface area contributed by atoms with Crippen molar-refractivity contribution in [1.82, 2.24) is 10.3 Å². The fourth-order valence-corrected chi connectivity index (χ4v) is 2.54. The molecule has 0 aliphatic rings. The van der Waals surface area contributed by atoms with E-state index in [9.17, 15) is 9.50 Å². The molecule has 0 saturated carbocycles. The van der Waals surface area contributed by atoms with Gasteiger partial charge in [0, 0.05) is 23.0 Å². The quantitative estimate of drug-likeness (QED) is 0.860. The number of nitrogens with zero attached hydrogens (tertiary/aromatic N) is 1. The van der Waals surface area contributed by atoms with Crippen LogP contribution in [0.3, 0.4) is 0 Å². The van der Waals surface area contributed by atoms with E-state index in [0.29, 0.717) is 6.54 Å². The lowest BCUT2D eigenvalue weighted by molar-refractivity contribution is 0.168. The van der Waals surface area contributed by atoms with Crippen LogP contribution in [0.4, 0.5) is 4.39 Å². The maximum Gasteiger partial charge on any atom is 0.123 e. The molecular formula is C15H19FN2OS. The lowest BCUT2D eigenvalue weighted by Gasteiger charge is -2.26. The van der Waals surface area contributed by atoms with Gasteiger partial charge in [0.2, 0.25) is 0 Å². The number of hydrogen-bond acceptors (Lipinski definition) is 4. The molecule has 1 aromatic heterocycles. The van der Waals surface area contributed by atoms with E-state index in [1.54, 1.807) is 12.1 Å². The van der Waals surface area contributed by atoms with E-state index in [2.05, 4.69) is 10.3 Å². The molecule has 2 aromatic rings. The number of thiazole rings is 1. The Hall–Kier alpha value is -1.30. The molecule has 0 radical (unpaired) electrons. The Balaban J connectivity index is 2.04. The molecule has 1 unspecified atom stereocenters. The van der Waals surface area contributed by atoms with Crippen LogP contribution in [0.15, 0.2) is 29.6 Å². The van der Waals surface area contributed by atoms with Crippen LogP contribution in [0.5, 0.6) is 0 Å². The molecule has 108 valence electrons. The molecular weight excluding hydrogens is 275 g/mol. The third kappa shape index (κ3) is 3.62. The van der Waals surface area contributed by atoms with Crippen molar-refractivity contribution in [2.75, 3.05) is 6.61 Å². The smallest absolute Gasteiger partial charge is 0.123 e. The van der Waals surface area contributed by atoms with Crippen molar-refractivity contribution in [3.63, 3.8) is 0 Å². The minimum absolute atomic E-state index is 0.0957. The molecule has 2 N–H and O–H groups in total. The lowest BCUT2D eigenvalue weighted by atomic mass is 10.0. The first-order valence-electron chi connectivity index (χ1n) is 6.62. The third-order valence-electron chi connectivity index (χ3n) is 3.47. The number of aromatic nitrogens is 1. The summed E-state index contributed by atoms with van der Waals surface area (Å²) in [6, 6.07) is 6.34. The monoisotopic (exact) mass is 294 g/mol. The minimum Gasteiger partial charge on any atom is -0.394 e. The highest BCUT2D eigenvalue weighted by Crippen LogP contribution is 2.24. The van der Waals surface area contributed by atoms with Gasteiger partial charge in [0.1, 0.15) is 10.8 Å². The largest absolute Gasteiger partial charge is 0.394 e. The summed E-state index contributed by atoms with van der Waals surface area (Å²) in [6.45, 7) is 4.73. The highest BCUT2D eigenvalue weighted by atomic mass is 32.1. The Bertz CT molecular complexity index is 549. The van der Waals surface area contributed by atoms with Gasteiger partial charge >= 0.3 is 0 Å². The predicted molar refractivity (Wildman–Crippen MR) is 80.1 cm³/mol. The molecule has 1 heterocycles. The fourth-order valence-electron chi connectivity index (χ4n) is 1.71. The molecule has 5 heteroatoms.